The smallest absolute Gasteiger partial charge is 0.0714 e. The van der Waals surface area contributed by atoms with Gasteiger partial charge in [-0.1, -0.05) is 202 Å². The van der Waals surface area contributed by atoms with Crippen molar-refractivity contribution in [1.29, 1.82) is 0 Å². The molecule has 0 radical (unpaired) electrons. The van der Waals surface area contributed by atoms with E-state index in [-0.39, 0.29) is 0 Å². The third kappa shape index (κ3) is 7.44. The second-order valence-corrected chi connectivity index (χ2v) is 21.8. The van der Waals surface area contributed by atoms with Crippen molar-refractivity contribution in [2.24, 2.45) is 0 Å². The molecule has 0 amide bonds. The molecular weight excluding hydrogens is 969 g/mol. The van der Waals surface area contributed by atoms with Crippen molar-refractivity contribution in [2.75, 3.05) is 9.80 Å². The summed E-state index contributed by atoms with van der Waals surface area (Å²) in [6, 6.07) is 98.4. The highest BCUT2D eigenvalue weighted by molar-refractivity contribution is 6.05. The molecule has 15 rings (SSSR count). The highest BCUT2D eigenvalue weighted by Crippen LogP contribution is 2.65. The van der Waals surface area contributed by atoms with Crippen LogP contribution >= 0.6 is 0 Å². The van der Waals surface area contributed by atoms with Gasteiger partial charge in [-0.2, -0.15) is 0 Å². The van der Waals surface area contributed by atoms with Crippen LogP contribution in [0.3, 0.4) is 0 Å². The van der Waals surface area contributed by atoms with Crippen molar-refractivity contribution in [2.45, 2.75) is 24.7 Å². The van der Waals surface area contributed by atoms with Crippen LogP contribution in [0.2, 0.25) is 0 Å². The van der Waals surface area contributed by atoms with E-state index in [4.69, 9.17) is 9.97 Å². The van der Waals surface area contributed by atoms with Gasteiger partial charge >= 0.3 is 0 Å². The lowest BCUT2D eigenvalue weighted by Gasteiger charge is -2.36. The van der Waals surface area contributed by atoms with Crippen molar-refractivity contribution in [3.8, 4) is 44.5 Å². The average Bonchev–Trinajstić information content (AvgIpc) is 4.15. The average molecular weight is 1020 g/mol. The maximum atomic E-state index is 4.84. The number of benzene rings is 11. The summed E-state index contributed by atoms with van der Waals surface area (Å²) >= 11 is 0. The molecule has 0 unspecified atom stereocenters. The van der Waals surface area contributed by atoms with E-state index in [0.717, 1.165) is 39.5 Å². The Labute approximate surface area is 467 Å². The Morgan fingerprint density at radius 1 is 0.312 bits per heavy atom. The Kier molecular flexibility index (Phi) is 11.1. The minimum Gasteiger partial charge on any atom is -0.309 e. The van der Waals surface area contributed by atoms with Gasteiger partial charge in [0.15, 0.2) is 0 Å². The van der Waals surface area contributed by atoms with Gasteiger partial charge in [-0.3, -0.25) is 9.97 Å². The Morgan fingerprint density at radius 3 is 1.44 bits per heavy atom. The zero-order valence-corrected chi connectivity index (χ0v) is 44.5. The van der Waals surface area contributed by atoms with Crippen LogP contribution in [-0.2, 0) is 10.8 Å². The standard InChI is InChI=1S/C76H54N4/c1-75(2)69-47-63(79(64-27-17-41-77-49-64)61-38-36-56-43-54(33-34-57(56)45-61)51-19-7-3-8-20-51)39-40-67(69)73-71(80(65-28-18-42-78-50-65)62-37-35-53-31-32-55(44-58(53)46-62)52-21-9-4-10-22-52)48-70-72(74(73)75)66-29-15-16-30-68(66)76(70,59-23-11-5-12-24-59)60-25-13-6-14-26-60/h3-50H,1-2H3. The van der Waals surface area contributed by atoms with E-state index in [2.05, 4.69) is 285 Å². The minimum absolute atomic E-state index is 0.496. The zero-order valence-electron chi connectivity index (χ0n) is 44.5. The van der Waals surface area contributed by atoms with Gasteiger partial charge in [0.05, 0.1) is 34.9 Å². The van der Waals surface area contributed by atoms with E-state index in [1.807, 2.05) is 30.9 Å². The maximum Gasteiger partial charge on any atom is 0.0714 e. The summed E-state index contributed by atoms with van der Waals surface area (Å²) in [5, 5.41) is 4.71. The second-order valence-electron chi connectivity index (χ2n) is 21.8. The molecule has 2 aliphatic carbocycles. The number of nitrogens with zero attached hydrogens (tertiary/aromatic N) is 4. The Balaban J connectivity index is 1.000. The van der Waals surface area contributed by atoms with Gasteiger partial charge in [-0.05, 0) is 173 Å². The number of aromatic nitrogens is 2. The van der Waals surface area contributed by atoms with E-state index in [9.17, 15) is 0 Å². The van der Waals surface area contributed by atoms with Gasteiger partial charge in [0, 0.05) is 40.4 Å². The van der Waals surface area contributed by atoms with Crippen molar-refractivity contribution in [3.05, 3.63) is 325 Å². The van der Waals surface area contributed by atoms with Gasteiger partial charge in [0.2, 0.25) is 0 Å². The Morgan fingerprint density at radius 2 is 0.800 bits per heavy atom. The molecule has 0 atom stereocenters. The summed E-state index contributed by atoms with van der Waals surface area (Å²) in [5.74, 6) is 0. The fourth-order valence-corrected chi connectivity index (χ4v) is 13.4. The van der Waals surface area contributed by atoms with Crippen LogP contribution in [0.4, 0.5) is 34.1 Å². The maximum absolute atomic E-state index is 4.84. The van der Waals surface area contributed by atoms with Crippen LogP contribution in [0.25, 0.3) is 66.1 Å². The summed E-state index contributed by atoms with van der Waals surface area (Å²) in [6.45, 7) is 4.90. The lowest BCUT2D eigenvalue weighted by Crippen LogP contribution is -2.29. The molecule has 2 aromatic heterocycles. The minimum atomic E-state index is -0.655. The normalized spacial score (nSPS) is 13.3. The number of hydrogen-bond acceptors (Lipinski definition) is 4. The van der Waals surface area contributed by atoms with E-state index in [1.165, 1.54) is 94.0 Å². The van der Waals surface area contributed by atoms with Crippen molar-refractivity contribution in [1.82, 2.24) is 9.97 Å². The number of pyridine rings is 2. The largest absolute Gasteiger partial charge is 0.309 e. The van der Waals surface area contributed by atoms with Crippen LogP contribution in [0.15, 0.2) is 292 Å². The van der Waals surface area contributed by atoms with E-state index < -0.39 is 10.8 Å². The van der Waals surface area contributed by atoms with Crippen LogP contribution < -0.4 is 9.80 Å². The van der Waals surface area contributed by atoms with E-state index in [0.29, 0.717) is 0 Å². The molecule has 2 aliphatic rings. The zero-order chi connectivity index (χ0) is 53.4. The summed E-state index contributed by atoms with van der Waals surface area (Å²) in [4.78, 5) is 14.4. The van der Waals surface area contributed by atoms with Crippen molar-refractivity contribution >= 4 is 55.7 Å². The fourth-order valence-electron chi connectivity index (χ4n) is 13.4. The van der Waals surface area contributed by atoms with E-state index >= 15 is 0 Å². The van der Waals surface area contributed by atoms with Crippen LogP contribution in [-0.4, -0.2) is 9.97 Å². The second kappa shape index (κ2) is 18.8. The van der Waals surface area contributed by atoms with Gasteiger partial charge in [0.1, 0.15) is 0 Å². The van der Waals surface area contributed by atoms with Crippen LogP contribution in [0.5, 0.6) is 0 Å². The molecule has 0 aliphatic heterocycles. The van der Waals surface area contributed by atoms with E-state index in [1.54, 1.807) is 0 Å². The molecule has 13 aromatic rings. The molecule has 0 bridgehead atoms. The number of anilines is 6. The molecule has 0 fully saturated rings. The van der Waals surface area contributed by atoms with Gasteiger partial charge < -0.3 is 9.80 Å². The summed E-state index contributed by atoms with van der Waals surface area (Å²) in [7, 11) is 0. The third-order valence-electron chi connectivity index (χ3n) is 17.0. The molecular formula is C76H54N4. The SMILES string of the molecule is CC1(C)c2cc(N(c3cccnc3)c3ccc4cc(-c5ccccc5)ccc4c3)ccc2-c2c(N(c3cccnc3)c3ccc4ccc(-c5ccccc5)cc4c3)cc3c(c21)-c1ccccc1C3(c1ccccc1)c1ccccc1. The first-order valence-corrected chi connectivity index (χ1v) is 27.6. The number of fused-ring (bicyclic) bond motifs is 9. The molecule has 0 N–H and O–H groups in total. The quantitative estimate of drug-likeness (QED) is 0.137. The molecule has 0 saturated heterocycles. The predicted octanol–water partition coefficient (Wildman–Crippen LogP) is 19.7. The molecule has 378 valence electrons. The summed E-state index contributed by atoms with van der Waals surface area (Å²) < 4.78 is 0. The number of rotatable bonds is 10. The highest BCUT2D eigenvalue weighted by atomic mass is 15.2. The van der Waals surface area contributed by atoms with Crippen LogP contribution in [0.1, 0.15) is 47.2 Å². The van der Waals surface area contributed by atoms with Gasteiger partial charge in [0.25, 0.3) is 0 Å². The summed E-state index contributed by atoms with van der Waals surface area (Å²) in [5.41, 5.74) is 22.4. The number of hydrogen-bond donors (Lipinski definition) is 0. The molecule has 4 heteroatoms. The Bertz CT molecular complexity index is 4440. The van der Waals surface area contributed by atoms with Crippen LogP contribution in [0, 0.1) is 0 Å². The Hall–Kier alpha value is -10.2. The molecule has 80 heavy (non-hydrogen) atoms. The molecule has 2 heterocycles. The van der Waals surface area contributed by atoms with Gasteiger partial charge in [-0.15, -0.1) is 0 Å². The predicted molar refractivity (Wildman–Crippen MR) is 332 cm³/mol. The third-order valence-corrected chi connectivity index (χ3v) is 17.0. The summed E-state index contributed by atoms with van der Waals surface area (Å²) in [6.07, 6.45) is 7.72. The molecule has 11 aromatic carbocycles. The molecule has 0 spiro atoms. The van der Waals surface area contributed by atoms with Crippen molar-refractivity contribution in [3.63, 3.8) is 0 Å². The molecule has 0 saturated carbocycles. The monoisotopic (exact) mass is 1020 g/mol. The fraction of sp³-hybridized carbons (Fsp3) is 0.0526. The topological polar surface area (TPSA) is 32.3 Å². The first-order valence-electron chi connectivity index (χ1n) is 27.6. The van der Waals surface area contributed by atoms with Crippen molar-refractivity contribution < 1.29 is 0 Å². The first kappa shape index (κ1) is 47.1. The first-order chi connectivity index (χ1) is 39.4. The molecule has 4 nitrogen and oxygen atoms in total. The lowest BCUT2D eigenvalue weighted by molar-refractivity contribution is 0.660. The lowest BCUT2D eigenvalue weighted by atomic mass is 9.67. The van der Waals surface area contributed by atoms with Gasteiger partial charge in [-0.25, -0.2) is 0 Å². The highest BCUT2D eigenvalue weighted by Gasteiger charge is 2.52.